The van der Waals surface area contributed by atoms with E-state index in [1.165, 1.54) is 124 Å². The van der Waals surface area contributed by atoms with E-state index in [0.29, 0.717) is 0 Å². The first kappa shape index (κ1) is 30.7. The summed E-state index contributed by atoms with van der Waals surface area (Å²) in [6, 6.07) is 11.4. The predicted octanol–water partition coefficient (Wildman–Crippen LogP) is 9.40. The normalized spacial score (nSPS) is 12.1. The maximum atomic E-state index is 6.82. The maximum Gasteiger partial charge on any atom is 0.0303 e. The van der Waals surface area contributed by atoms with E-state index in [1.54, 1.807) is 0 Å². The summed E-state index contributed by atoms with van der Waals surface area (Å²) >= 11 is 0. The summed E-state index contributed by atoms with van der Waals surface area (Å²) in [7, 11) is 0. The largest absolute Gasteiger partial charge is 0.412 e. The smallest absolute Gasteiger partial charge is 0.0303 e. The Morgan fingerprint density at radius 2 is 1.15 bits per heavy atom. The van der Waals surface area contributed by atoms with E-state index in [1.807, 2.05) is 0 Å². The van der Waals surface area contributed by atoms with Gasteiger partial charge in [-0.2, -0.15) is 0 Å². The number of nitrogens with two attached hydrogens (primary N) is 1. The lowest BCUT2D eigenvalue weighted by molar-refractivity contribution is 0.519. The SMILES string of the molecule is CCCCCCCCCCCCCCCCCC(N)c1c(CC)c(CC)cc2ccccc12.O. The predicted molar refractivity (Wildman–Crippen MR) is 153 cm³/mol. The fourth-order valence-corrected chi connectivity index (χ4v) is 5.51. The molecule has 34 heavy (non-hydrogen) atoms. The van der Waals surface area contributed by atoms with Crippen molar-refractivity contribution in [2.24, 2.45) is 5.73 Å². The van der Waals surface area contributed by atoms with Gasteiger partial charge in [0.2, 0.25) is 0 Å². The number of unbranched alkanes of at least 4 members (excludes halogenated alkanes) is 14. The summed E-state index contributed by atoms with van der Waals surface area (Å²) in [5.41, 5.74) is 11.2. The average Bonchev–Trinajstić information content (AvgIpc) is 2.84. The van der Waals surface area contributed by atoms with Crippen LogP contribution in [0.1, 0.15) is 146 Å². The zero-order valence-corrected chi connectivity index (χ0v) is 22.8. The van der Waals surface area contributed by atoms with Gasteiger partial charge in [0.25, 0.3) is 0 Å². The molecular formula is C32H55NO. The number of hydrogen-bond acceptors (Lipinski definition) is 1. The van der Waals surface area contributed by atoms with Crippen LogP contribution in [0.3, 0.4) is 0 Å². The van der Waals surface area contributed by atoms with Gasteiger partial charge in [-0.1, -0.05) is 147 Å². The van der Waals surface area contributed by atoms with Crippen LogP contribution in [-0.4, -0.2) is 5.48 Å². The van der Waals surface area contributed by atoms with Crippen LogP contribution < -0.4 is 5.73 Å². The molecule has 0 saturated heterocycles. The molecule has 0 heterocycles. The molecule has 2 aromatic rings. The number of hydrogen-bond donors (Lipinski definition) is 1. The Bertz CT molecular complexity index is 769. The second-order valence-electron chi connectivity index (χ2n) is 10.2. The van der Waals surface area contributed by atoms with E-state index in [4.69, 9.17) is 5.73 Å². The van der Waals surface area contributed by atoms with Crippen molar-refractivity contribution in [2.75, 3.05) is 0 Å². The third-order valence-electron chi connectivity index (χ3n) is 7.52. The van der Waals surface area contributed by atoms with Gasteiger partial charge in [0.1, 0.15) is 0 Å². The number of rotatable bonds is 19. The van der Waals surface area contributed by atoms with E-state index in [9.17, 15) is 0 Å². The molecule has 2 heteroatoms. The summed E-state index contributed by atoms with van der Waals surface area (Å²) < 4.78 is 0. The molecule has 0 aliphatic heterocycles. The zero-order chi connectivity index (χ0) is 23.7. The van der Waals surface area contributed by atoms with Crippen molar-refractivity contribution in [3.8, 4) is 0 Å². The van der Waals surface area contributed by atoms with Gasteiger partial charge in [-0.05, 0) is 46.7 Å². The highest BCUT2D eigenvalue weighted by atomic mass is 16.0. The third-order valence-corrected chi connectivity index (χ3v) is 7.52. The number of aryl methyl sites for hydroxylation is 1. The molecular weight excluding hydrogens is 414 g/mol. The van der Waals surface area contributed by atoms with Gasteiger partial charge in [0.05, 0.1) is 0 Å². The Balaban J connectivity index is 0.00000578. The van der Waals surface area contributed by atoms with Crippen molar-refractivity contribution in [3.05, 3.63) is 47.0 Å². The van der Waals surface area contributed by atoms with Crippen LogP contribution in [0, 0.1) is 0 Å². The summed E-state index contributed by atoms with van der Waals surface area (Å²) in [6.07, 6.45) is 24.5. The van der Waals surface area contributed by atoms with Crippen LogP contribution in [0.4, 0.5) is 0 Å². The molecule has 2 aromatic carbocycles. The van der Waals surface area contributed by atoms with Gasteiger partial charge in [-0.25, -0.2) is 0 Å². The summed E-state index contributed by atoms with van der Waals surface area (Å²) in [4.78, 5) is 0. The molecule has 0 spiro atoms. The van der Waals surface area contributed by atoms with Crippen LogP contribution in [-0.2, 0) is 12.8 Å². The van der Waals surface area contributed by atoms with E-state index in [0.717, 1.165) is 19.3 Å². The van der Waals surface area contributed by atoms with Crippen LogP contribution in [0.2, 0.25) is 0 Å². The van der Waals surface area contributed by atoms with Gasteiger partial charge < -0.3 is 11.2 Å². The van der Waals surface area contributed by atoms with Gasteiger partial charge in [0.15, 0.2) is 0 Å². The van der Waals surface area contributed by atoms with Gasteiger partial charge in [0, 0.05) is 6.04 Å². The highest BCUT2D eigenvalue weighted by Gasteiger charge is 2.17. The molecule has 4 N–H and O–H groups in total. The Morgan fingerprint density at radius 1 is 0.647 bits per heavy atom. The molecule has 0 aromatic heterocycles. The van der Waals surface area contributed by atoms with Crippen molar-refractivity contribution in [3.63, 3.8) is 0 Å². The second kappa shape index (κ2) is 18.9. The first-order valence-corrected chi connectivity index (χ1v) is 14.5. The lowest BCUT2D eigenvalue weighted by atomic mass is 9.86. The van der Waals surface area contributed by atoms with E-state index >= 15 is 0 Å². The zero-order valence-electron chi connectivity index (χ0n) is 22.8. The van der Waals surface area contributed by atoms with Crippen molar-refractivity contribution in [1.82, 2.24) is 0 Å². The minimum atomic E-state index is 0. The molecule has 1 unspecified atom stereocenters. The quantitative estimate of drug-likeness (QED) is 0.205. The molecule has 0 aliphatic carbocycles. The minimum Gasteiger partial charge on any atom is -0.412 e. The van der Waals surface area contributed by atoms with Crippen molar-refractivity contribution >= 4 is 10.8 Å². The molecule has 194 valence electrons. The maximum absolute atomic E-state index is 6.82. The van der Waals surface area contributed by atoms with Crippen LogP contribution in [0.5, 0.6) is 0 Å². The molecule has 2 rings (SSSR count). The average molecular weight is 470 g/mol. The summed E-state index contributed by atoms with van der Waals surface area (Å²) in [5, 5.41) is 2.73. The highest BCUT2D eigenvalue weighted by Crippen LogP contribution is 2.33. The van der Waals surface area contributed by atoms with Gasteiger partial charge in [-0.15, -0.1) is 0 Å². The molecule has 0 radical (unpaired) electrons. The van der Waals surface area contributed by atoms with Crippen molar-refractivity contribution in [1.29, 1.82) is 0 Å². The Labute approximate surface area is 211 Å². The second-order valence-corrected chi connectivity index (χ2v) is 10.2. The first-order valence-electron chi connectivity index (χ1n) is 14.5. The molecule has 1 atom stereocenters. The summed E-state index contributed by atoms with van der Waals surface area (Å²) in [6.45, 7) is 6.85. The molecule has 0 bridgehead atoms. The third kappa shape index (κ3) is 10.5. The number of fused-ring (bicyclic) bond motifs is 1. The van der Waals surface area contributed by atoms with Crippen molar-refractivity contribution in [2.45, 2.75) is 142 Å². The van der Waals surface area contributed by atoms with Crippen molar-refractivity contribution < 1.29 is 5.48 Å². The molecule has 0 aliphatic rings. The Morgan fingerprint density at radius 3 is 1.65 bits per heavy atom. The fraction of sp³-hybridized carbons (Fsp3) is 0.688. The van der Waals surface area contributed by atoms with Gasteiger partial charge in [-0.3, -0.25) is 0 Å². The standard InChI is InChI=1S/C32H53N.H2O/c1-4-7-8-9-10-11-12-13-14-15-16-17-18-19-20-25-31(33)32-29(6-3)27(5-2)26-28-23-21-22-24-30(28)32;/h21-24,26,31H,4-20,25,33H2,1-3H3;1H2. The lowest BCUT2D eigenvalue weighted by Crippen LogP contribution is -2.14. The number of benzene rings is 2. The van der Waals surface area contributed by atoms with E-state index in [-0.39, 0.29) is 11.5 Å². The van der Waals surface area contributed by atoms with Gasteiger partial charge >= 0.3 is 0 Å². The topological polar surface area (TPSA) is 57.5 Å². The van der Waals surface area contributed by atoms with Crippen LogP contribution in [0.15, 0.2) is 30.3 Å². The fourth-order valence-electron chi connectivity index (χ4n) is 5.51. The first-order chi connectivity index (χ1) is 16.2. The highest BCUT2D eigenvalue weighted by molar-refractivity contribution is 5.88. The molecule has 0 amide bonds. The Kier molecular flexibility index (Phi) is 17.0. The van der Waals surface area contributed by atoms with Crippen LogP contribution >= 0.6 is 0 Å². The minimum absolute atomic E-state index is 0. The lowest BCUT2D eigenvalue weighted by Gasteiger charge is -2.22. The monoisotopic (exact) mass is 469 g/mol. The van der Waals surface area contributed by atoms with E-state index in [2.05, 4.69) is 51.1 Å². The summed E-state index contributed by atoms with van der Waals surface area (Å²) in [5.74, 6) is 0. The van der Waals surface area contributed by atoms with Crippen LogP contribution in [0.25, 0.3) is 10.8 Å². The molecule has 2 nitrogen and oxygen atoms in total. The Hall–Kier alpha value is -1.38. The molecule has 0 fully saturated rings. The van der Waals surface area contributed by atoms with E-state index < -0.39 is 0 Å². The molecule has 0 saturated carbocycles.